The smallest absolute Gasteiger partial charge is 0.255 e. The molecule has 0 bridgehead atoms. The van der Waals surface area contributed by atoms with E-state index in [4.69, 9.17) is 0 Å². The van der Waals surface area contributed by atoms with Crippen molar-refractivity contribution in [1.29, 1.82) is 0 Å². The van der Waals surface area contributed by atoms with Crippen molar-refractivity contribution >= 4 is 29.0 Å². The molecule has 3 aromatic rings. The van der Waals surface area contributed by atoms with Crippen LogP contribution in [0.15, 0.2) is 48.5 Å². The monoisotopic (exact) mass is 375 g/mol. The normalized spacial score (nSPS) is 10.5. The van der Waals surface area contributed by atoms with E-state index >= 15 is 0 Å². The lowest BCUT2D eigenvalue weighted by atomic mass is 10.1. The standard InChI is InChI=1S/C22H25N5O/c1-14-10-15(2)12-17(11-14)21(28)24-18-6-8-19(9-7-18)25-22-23-16(3)13-20(26-22)27(4)5/h6-13H,1-5H3,(H,24,28)(H,23,25,26). The SMILES string of the molecule is Cc1cc(C)cc(C(=O)Nc2ccc(Nc3nc(C)cc(N(C)C)n3)cc2)c1. The molecule has 2 N–H and O–H groups in total. The highest BCUT2D eigenvalue weighted by molar-refractivity contribution is 6.04. The lowest BCUT2D eigenvalue weighted by Gasteiger charge is -2.14. The molecule has 6 nitrogen and oxygen atoms in total. The number of nitrogens with one attached hydrogen (secondary N) is 2. The summed E-state index contributed by atoms with van der Waals surface area (Å²) in [6.07, 6.45) is 0. The van der Waals surface area contributed by atoms with Crippen molar-refractivity contribution in [2.45, 2.75) is 20.8 Å². The molecule has 0 saturated carbocycles. The van der Waals surface area contributed by atoms with Gasteiger partial charge in [0.05, 0.1) is 0 Å². The first-order valence-corrected chi connectivity index (χ1v) is 9.10. The van der Waals surface area contributed by atoms with Gasteiger partial charge in [0, 0.05) is 42.8 Å². The van der Waals surface area contributed by atoms with E-state index in [1.807, 2.05) is 88.3 Å². The van der Waals surface area contributed by atoms with Gasteiger partial charge >= 0.3 is 0 Å². The fourth-order valence-electron chi connectivity index (χ4n) is 2.91. The molecule has 1 heterocycles. The van der Waals surface area contributed by atoms with Crippen molar-refractivity contribution in [3.63, 3.8) is 0 Å². The number of aromatic nitrogens is 2. The van der Waals surface area contributed by atoms with Crippen LogP contribution in [0.3, 0.4) is 0 Å². The van der Waals surface area contributed by atoms with Crippen LogP contribution in [0.25, 0.3) is 0 Å². The Labute approximate surface area is 165 Å². The maximum Gasteiger partial charge on any atom is 0.255 e. The lowest BCUT2D eigenvalue weighted by molar-refractivity contribution is 0.102. The summed E-state index contributed by atoms with van der Waals surface area (Å²) in [6, 6.07) is 15.2. The van der Waals surface area contributed by atoms with Crippen LogP contribution in [0, 0.1) is 20.8 Å². The van der Waals surface area contributed by atoms with Gasteiger partial charge in [-0.1, -0.05) is 17.2 Å². The molecule has 2 aromatic carbocycles. The number of amides is 1. The third-order valence-corrected chi connectivity index (χ3v) is 4.18. The van der Waals surface area contributed by atoms with Gasteiger partial charge < -0.3 is 15.5 Å². The molecule has 6 heteroatoms. The predicted molar refractivity (Wildman–Crippen MR) is 115 cm³/mol. The summed E-state index contributed by atoms with van der Waals surface area (Å²) in [4.78, 5) is 23.3. The van der Waals surface area contributed by atoms with Gasteiger partial charge in [-0.2, -0.15) is 4.98 Å². The molecule has 28 heavy (non-hydrogen) atoms. The number of nitrogens with zero attached hydrogens (tertiary/aromatic N) is 3. The Bertz CT molecular complexity index is 976. The molecule has 0 saturated heterocycles. The van der Waals surface area contributed by atoms with E-state index in [0.717, 1.165) is 34.0 Å². The van der Waals surface area contributed by atoms with Gasteiger partial charge in [-0.3, -0.25) is 4.79 Å². The summed E-state index contributed by atoms with van der Waals surface area (Å²) in [7, 11) is 3.89. The Kier molecular flexibility index (Phi) is 5.59. The number of carbonyl (C=O) groups excluding carboxylic acids is 1. The van der Waals surface area contributed by atoms with E-state index in [2.05, 4.69) is 20.6 Å². The van der Waals surface area contributed by atoms with E-state index in [0.29, 0.717) is 11.5 Å². The highest BCUT2D eigenvalue weighted by Gasteiger charge is 2.08. The van der Waals surface area contributed by atoms with E-state index < -0.39 is 0 Å². The fraction of sp³-hybridized carbons (Fsp3) is 0.227. The zero-order valence-corrected chi connectivity index (χ0v) is 16.9. The Morgan fingerprint density at radius 2 is 1.46 bits per heavy atom. The lowest BCUT2D eigenvalue weighted by Crippen LogP contribution is -2.13. The summed E-state index contributed by atoms with van der Waals surface area (Å²) in [5.41, 5.74) is 5.26. The molecule has 0 aliphatic heterocycles. The molecule has 0 fully saturated rings. The molecule has 0 atom stereocenters. The van der Waals surface area contributed by atoms with Crippen LogP contribution in [0.1, 0.15) is 27.2 Å². The second kappa shape index (κ2) is 8.08. The first kappa shape index (κ1) is 19.4. The summed E-state index contributed by atoms with van der Waals surface area (Å²) in [5, 5.41) is 6.14. The van der Waals surface area contributed by atoms with Crippen molar-refractivity contribution in [1.82, 2.24) is 9.97 Å². The van der Waals surface area contributed by atoms with Gasteiger partial charge in [-0.15, -0.1) is 0 Å². The van der Waals surface area contributed by atoms with Gasteiger partial charge in [-0.25, -0.2) is 4.98 Å². The first-order chi connectivity index (χ1) is 13.3. The Balaban J connectivity index is 1.71. The quantitative estimate of drug-likeness (QED) is 0.689. The van der Waals surface area contributed by atoms with Gasteiger partial charge in [-0.05, 0) is 57.2 Å². The fourth-order valence-corrected chi connectivity index (χ4v) is 2.91. The summed E-state index contributed by atoms with van der Waals surface area (Å²) in [6.45, 7) is 5.91. The van der Waals surface area contributed by atoms with Crippen LogP contribution in [-0.2, 0) is 0 Å². The van der Waals surface area contributed by atoms with Gasteiger partial charge in [0.1, 0.15) is 5.82 Å². The molecular weight excluding hydrogens is 350 g/mol. The molecule has 144 valence electrons. The second-order valence-corrected chi connectivity index (χ2v) is 7.12. The molecule has 0 radical (unpaired) electrons. The van der Waals surface area contributed by atoms with E-state index in [9.17, 15) is 4.79 Å². The summed E-state index contributed by atoms with van der Waals surface area (Å²) < 4.78 is 0. The van der Waals surface area contributed by atoms with Crippen LogP contribution in [0.2, 0.25) is 0 Å². The Morgan fingerprint density at radius 3 is 2.07 bits per heavy atom. The van der Waals surface area contributed by atoms with E-state index in [1.54, 1.807) is 0 Å². The molecule has 1 amide bonds. The first-order valence-electron chi connectivity index (χ1n) is 9.10. The molecule has 0 aliphatic carbocycles. The third kappa shape index (κ3) is 4.85. The maximum absolute atomic E-state index is 12.5. The predicted octanol–water partition coefficient (Wildman–Crippen LogP) is 4.46. The highest BCUT2D eigenvalue weighted by atomic mass is 16.1. The number of anilines is 4. The van der Waals surface area contributed by atoms with Crippen molar-refractivity contribution in [2.75, 3.05) is 29.6 Å². The summed E-state index contributed by atoms with van der Waals surface area (Å²) in [5.74, 6) is 1.26. The Hall–Kier alpha value is -3.41. The van der Waals surface area contributed by atoms with Crippen LogP contribution in [-0.4, -0.2) is 30.0 Å². The molecule has 0 spiro atoms. The van der Waals surface area contributed by atoms with Gasteiger partial charge in [0.2, 0.25) is 5.95 Å². The third-order valence-electron chi connectivity index (χ3n) is 4.18. The van der Waals surface area contributed by atoms with Crippen LogP contribution in [0.4, 0.5) is 23.1 Å². The average Bonchev–Trinajstić information content (AvgIpc) is 2.62. The van der Waals surface area contributed by atoms with Gasteiger partial charge in [0.15, 0.2) is 0 Å². The molecular formula is C22H25N5O. The minimum Gasteiger partial charge on any atom is -0.363 e. The van der Waals surface area contributed by atoms with E-state index in [1.165, 1.54) is 0 Å². The summed E-state index contributed by atoms with van der Waals surface area (Å²) >= 11 is 0. The minimum atomic E-state index is -0.120. The number of hydrogen-bond acceptors (Lipinski definition) is 5. The Morgan fingerprint density at radius 1 is 0.857 bits per heavy atom. The number of aryl methyl sites for hydroxylation is 3. The van der Waals surface area contributed by atoms with Crippen molar-refractivity contribution in [3.05, 3.63) is 70.9 Å². The maximum atomic E-state index is 12.5. The van der Waals surface area contributed by atoms with Crippen molar-refractivity contribution in [3.8, 4) is 0 Å². The highest BCUT2D eigenvalue weighted by Crippen LogP contribution is 2.20. The number of hydrogen-bond donors (Lipinski definition) is 2. The molecule has 0 unspecified atom stereocenters. The molecule has 3 rings (SSSR count). The zero-order valence-electron chi connectivity index (χ0n) is 16.9. The molecule has 0 aliphatic rings. The van der Waals surface area contributed by atoms with Gasteiger partial charge in [0.25, 0.3) is 5.91 Å². The zero-order chi connectivity index (χ0) is 20.3. The van der Waals surface area contributed by atoms with Crippen molar-refractivity contribution in [2.24, 2.45) is 0 Å². The van der Waals surface area contributed by atoms with Crippen LogP contribution in [0.5, 0.6) is 0 Å². The number of rotatable bonds is 5. The van der Waals surface area contributed by atoms with E-state index in [-0.39, 0.29) is 5.91 Å². The second-order valence-electron chi connectivity index (χ2n) is 7.12. The van der Waals surface area contributed by atoms with Crippen molar-refractivity contribution < 1.29 is 4.79 Å². The topological polar surface area (TPSA) is 70.2 Å². The minimum absolute atomic E-state index is 0.120. The largest absolute Gasteiger partial charge is 0.363 e. The van der Waals surface area contributed by atoms with Crippen LogP contribution >= 0.6 is 0 Å². The van der Waals surface area contributed by atoms with Crippen LogP contribution < -0.4 is 15.5 Å². The average molecular weight is 375 g/mol. The number of benzene rings is 2. The molecule has 1 aromatic heterocycles. The number of carbonyl (C=O) groups is 1.